The van der Waals surface area contributed by atoms with Crippen LogP contribution in [0, 0.1) is 13.8 Å². The number of nitrogens with zero attached hydrogens (tertiary/aromatic N) is 3. The molecule has 2 aromatic carbocycles. The Morgan fingerprint density at radius 3 is 2.59 bits per heavy atom. The molecule has 0 fully saturated rings. The fourth-order valence-corrected chi connectivity index (χ4v) is 4.95. The minimum Gasteiger partial charge on any atom is -0.352 e. The van der Waals surface area contributed by atoms with Crippen molar-refractivity contribution < 1.29 is 13.2 Å². The van der Waals surface area contributed by atoms with Crippen molar-refractivity contribution in [2.75, 3.05) is 6.54 Å². The Hall–Kier alpha value is -3.46. The van der Waals surface area contributed by atoms with Crippen molar-refractivity contribution in [2.45, 2.75) is 38.3 Å². The fourth-order valence-electron chi connectivity index (χ4n) is 3.70. The van der Waals surface area contributed by atoms with E-state index in [9.17, 15) is 13.2 Å². The van der Waals surface area contributed by atoms with Crippen molar-refractivity contribution in [1.29, 1.82) is 0 Å². The quantitative estimate of drug-likeness (QED) is 0.575. The van der Waals surface area contributed by atoms with Gasteiger partial charge in [0.05, 0.1) is 23.7 Å². The standard InChI is InChI=1S/C23H25N5O3S/c1-16-20(17(2)28(26-16)15-18-8-4-3-5-9-18)14-25-22(29)12-13-24-23-19-10-6-7-11-21(19)32(30,31)27-23/h3-11H,12-15H2,1-2H3,(H,24,27)(H,25,29). The number of amidine groups is 1. The highest BCUT2D eigenvalue weighted by atomic mass is 32.2. The first kappa shape index (κ1) is 21.8. The van der Waals surface area contributed by atoms with Crippen molar-refractivity contribution in [2.24, 2.45) is 4.99 Å². The van der Waals surface area contributed by atoms with Gasteiger partial charge in [0.15, 0.2) is 0 Å². The van der Waals surface area contributed by atoms with Gasteiger partial charge in [-0.2, -0.15) is 5.10 Å². The van der Waals surface area contributed by atoms with E-state index in [0.717, 1.165) is 22.5 Å². The third-order valence-corrected chi connectivity index (χ3v) is 6.84. The lowest BCUT2D eigenvalue weighted by atomic mass is 10.2. The molecule has 1 aliphatic rings. The van der Waals surface area contributed by atoms with E-state index in [1.54, 1.807) is 18.2 Å². The molecule has 0 saturated heterocycles. The highest BCUT2D eigenvalue weighted by molar-refractivity contribution is 7.90. The zero-order valence-electron chi connectivity index (χ0n) is 18.0. The summed E-state index contributed by atoms with van der Waals surface area (Å²) in [6.07, 6.45) is 0.156. The van der Waals surface area contributed by atoms with Gasteiger partial charge in [-0.15, -0.1) is 0 Å². The Bertz CT molecular complexity index is 1280. The number of hydrogen-bond acceptors (Lipinski definition) is 5. The number of nitrogens with one attached hydrogen (secondary N) is 2. The highest BCUT2D eigenvalue weighted by Crippen LogP contribution is 2.22. The van der Waals surface area contributed by atoms with Gasteiger partial charge in [0.1, 0.15) is 5.84 Å². The molecular weight excluding hydrogens is 426 g/mol. The van der Waals surface area contributed by atoms with E-state index in [4.69, 9.17) is 0 Å². The number of fused-ring (bicyclic) bond motifs is 1. The van der Waals surface area contributed by atoms with Crippen molar-refractivity contribution in [3.8, 4) is 0 Å². The molecule has 0 aliphatic carbocycles. The first-order valence-electron chi connectivity index (χ1n) is 10.4. The molecule has 0 unspecified atom stereocenters. The number of amides is 1. The molecule has 2 N–H and O–H groups in total. The van der Waals surface area contributed by atoms with E-state index in [1.807, 2.05) is 36.7 Å². The Labute approximate surface area is 187 Å². The second-order valence-corrected chi connectivity index (χ2v) is 9.30. The SMILES string of the molecule is Cc1nn(Cc2ccccc2)c(C)c1CNC(=O)CCN=C1NS(=O)(=O)c2ccccc21. The third-order valence-electron chi connectivity index (χ3n) is 5.44. The van der Waals surface area contributed by atoms with E-state index < -0.39 is 10.0 Å². The fraction of sp³-hybridized carbons (Fsp3) is 0.261. The summed E-state index contributed by atoms with van der Waals surface area (Å²) >= 11 is 0. The van der Waals surface area contributed by atoms with Crippen LogP contribution in [0.15, 0.2) is 64.5 Å². The largest absolute Gasteiger partial charge is 0.352 e. The second-order valence-electron chi connectivity index (χ2n) is 7.65. The van der Waals surface area contributed by atoms with Crippen LogP contribution in [-0.2, 0) is 27.9 Å². The van der Waals surface area contributed by atoms with Gasteiger partial charge >= 0.3 is 0 Å². The molecule has 8 nitrogen and oxygen atoms in total. The summed E-state index contributed by atoms with van der Waals surface area (Å²) in [5, 5.41) is 7.53. The molecule has 32 heavy (non-hydrogen) atoms. The molecule has 0 atom stereocenters. The molecule has 1 aromatic heterocycles. The maximum Gasteiger partial charge on any atom is 0.263 e. The van der Waals surface area contributed by atoms with Crippen LogP contribution in [-0.4, -0.2) is 36.5 Å². The summed E-state index contributed by atoms with van der Waals surface area (Å²) in [5.74, 6) is 0.125. The normalized spacial score (nSPS) is 15.4. The van der Waals surface area contributed by atoms with Gasteiger partial charge in [-0.3, -0.25) is 19.2 Å². The molecular formula is C23H25N5O3S. The van der Waals surface area contributed by atoms with Gasteiger partial charge in [-0.05, 0) is 31.5 Å². The molecule has 0 spiro atoms. The van der Waals surface area contributed by atoms with Gasteiger partial charge in [-0.25, -0.2) is 8.42 Å². The van der Waals surface area contributed by atoms with Crippen molar-refractivity contribution in [3.63, 3.8) is 0 Å². The number of carbonyl (C=O) groups is 1. The first-order valence-corrected chi connectivity index (χ1v) is 11.8. The van der Waals surface area contributed by atoms with Crippen molar-refractivity contribution in [1.82, 2.24) is 19.8 Å². The number of rotatable bonds is 7. The minimum atomic E-state index is -3.57. The smallest absolute Gasteiger partial charge is 0.263 e. The number of hydrogen-bond donors (Lipinski definition) is 2. The molecule has 2 heterocycles. The average molecular weight is 452 g/mol. The van der Waals surface area contributed by atoms with E-state index in [0.29, 0.717) is 18.7 Å². The van der Waals surface area contributed by atoms with Gasteiger partial charge in [0, 0.05) is 29.8 Å². The lowest BCUT2D eigenvalue weighted by molar-refractivity contribution is -0.121. The molecule has 1 amide bonds. The monoisotopic (exact) mass is 451 g/mol. The van der Waals surface area contributed by atoms with Crippen LogP contribution in [0.25, 0.3) is 0 Å². The number of carbonyl (C=O) groups excluding carboxylic acids is 1. The molecule has 1 aliphatic heterocycles. The minimum absolute atomic E-state index is 0.155. The van der Waals surface area contributed by atoms with Gasteiger partial charge in [0.2, 0.25) is 5.91 Å². The lowest BCUT2D eigenvalue weighted by Crippen LogP contribution is -2.25. The second kappa shape index (κ2) is 8.96. The Kier molecular flexibility index (Phi) is 6.09. The number of aryl methyl sites for hydroxylation is 1. The summed E-state index contributed by atoms with van der Waals surface area (Å²) in [4.78, 5) is 16.8. The average Bonchev–Trinajstić information content (AvgIpc) is 3.19. The zero-order valence-corrected chi connectivity index (χ0v) is 18.8. The summed E-state index contributed by atoms with van der Waals surface area (Å²) in [6.45, 7) is 5.18. The Balaban J connectivity index is 1.34. The van der Waals surface area contributed by atoms with Crippen LogP contribution < -0.4 is 10.0 Å². The Morgan fingerprint density at radius 1 is 1.09 bits per heavy atom. The lowest BCUT2D eigenvalue weighted by Gasteiger charge is -2.07. The summed E-state index contributed by atoms with van der Waals surface area (Å²) < 4.78 is 28.6. The molecule has 9 heteroatoms. The van der Waals surface area contributed by atoms with Crippen LogP contribution in [0.4, 0.5) is 0 Å². The molecule has 4 rings (SSSR count). The van der Waals surface area contributed by atoms with Crippen LogP contribution >= 0.6 is 0 Å². The molecule has 0 radical (unpaired) electrons. The highest BCUT2D eigenvalue weighted by Gasteiger charge is 2.29. The number of aromatic nitrogens is 2. The molecule has 0 bridgehead atoms. The molecule has 0 saturated carbocycles. The van der Waals surface area contributed by atoms with Crippen LogP contribution in [0.2, 0.25) is 0 Å². The van der Waals surface area contributed by atoms with E-state index in [2.05, 4.69) is 32.3 Å². The zero-order chi connectivity index (χ0) is 22.7. The topological polar surface area (TPSA) is 105 Å². The van der Waals surface area contributed by atoms with Crippen molar-refractivity contribution >= 4 is 21.8 Å². The number of benzene rings is 2. The summed E-state index contributed by atoms with van der Waals surface area (Å²) in [5.41, 5.74) is 4.60. The summed E-state index contributed by atoms with van der Waals surface area (Å²) in [6, 6.07) is 16.8. The third kappa shape index (κ3) is 4.57. The van der Waals surface area contributed by atoms with Gasteiger partial charge in [0.25, 0.3) is 10.0 Å². The van der Waals surface area contributed by atoms with Crippen LogP contribution in [0.3, 0.4) is 0 Å². The van der Waals surface area contributed by atoms with Crippen LogP contribution in [0.1, 0.15) is 34.5 Å². The van der Waals surface area contributed by atoms with Gasteiger partial charge < -0.3 is 5.32 Å². The number of aliphatic imine (C=N–C) groups is 1. The predicted octanol–water partition coefficient (Wildman–Crippen LogP) is 2.29. The van der Waals surface area contributed by atoms with Gasteiger partial charge in [-0.1, -0.05) is 42.5 Å². The summed E-state index contributed by atoms with van der Waals surface area (Å²) in [7, 11) is -3.57. The van der Waals surface area contributed by atoms with Crippen molar-refractivity contribution in [3.05, 3.63) is 82.7 Å². The van der Waals surface area contributed by atoms with E-state index in [1.165, 1.54) is 6.07 Å². The predicted molar refractivity (Wildman–Crippen MR) is 122 cm³/mol. The first-order chi connectivity index (χ1) is 15.3. The van der Waals surface area contributed by atoms with E-state index >= 15 is 0 Å². The number of sulfonamides is 1. The maximum absolute atomic E-state index is 12.3. The molecule has 166 valence electrons. The van der Waals surface area contributed by atoms with Crippen LogP contribution in [0.5, 0.6) is 0 Å². The molecule has 3 aromatic rings. The Morgan fingerprint density at radius 2 is 1.81 bits per heavy atom. The maximum atomic E-state index is 12.3. The van der Waals surface area contributed by atoms with E-state index in [-0.39, 0.29) is 29.6 Å².